The number of nitrogens with one attached hydrogen (secondary N) is 2. The van der Waals surface area contributed by atoms with Crippen LogP contribution in [0, 0.1) is 0 Å². The van der Waals surface area contributed by atoms with Crippen molar-refractivity contribution in [2.24, 2.45) is 0 Å². The maximum atomic E-state index is 12.1. The summed E-state index contributed by atoms with van der Waals surface area (Å²) in [6.45, 7) is 4.25. The zero-order valence-electron chi connectivity index (χ0n) is 24.9. The number of ether oxygens (including phenoxy) is 5. The molecule has 1 aliphatic rings. The van der Waals surface area contributed by atoms with Crippen molar-refractivity contribution in [1.82, 2.24) is 15.3 Å². The van der Waals surface area contributed by atoms with Crippen LogP contribution < -0.4 is 10.6 Å². The van der Waals surface area contributed by atoms with Crippen LogP contribution in [-0.4, -0.2) is 76.2 Å². The van der Waals surface area contributed by atoms with Crippen LogP contribution in [0.2, 0.25) is 0 Å². The minimum atomic E-state index is -1.35. The van der Waals surface area contributed by atoms with Crippen molar-refractivity contribution in [1.29, 1.82) is 0 Å². The lowest BCUT2D eigenvalue weighted by Crippen LogP contribution is -2.66. The van der Waals surface area contributed by atoms with E-state index in [1.165, 1.54) is 6.92 Å². The van der Waals surface area contributed by atoms with E-state index >= 15 is 0 Å². The minimum absolute atomic E-state index is 0.0416. The number of nitrogens with zero attached hydrogens (tertiary/aromatic N) is 2. The predicted molar refractivity (Wildman–Crippen MR) is 164 cm³/mol. The van der Waals surface area contributed by atoms with E-state index in [4.69, 9.17) is 35.9 Å². The number of anilines is 1. The van der Waals surface area contributed by atoms with Crippen molar-refractivity contribution in [2.75, 3.05) is 11.9 Å². The molecular formula is C31H32N4O9S. The molecule has 2 N–H and O–H groups in total. The number of thiocarbonyl (C=S) groups is 1. The summed E-state index contributed by atoms with van der Waals surface area (Å²) < 4.78 is 27.6. The molecule has 0 spiro atoms. The second-order valence-electron chi connectivity index (χ2n) is 9.91. The zero-order valence-corrected chi connectivity index (χ0v) is 25.7. The first-order valence-electron chi connectivity index (χ1n) is 13.9. The Labute approximate surface area is 264 Å². The van der Waals surface area contributed by atoms with Crippen LogP contribution in [0.1, 0.15) is 27.7 Å². The maximum Gasteiger partial charge on any atom is 0.303 e. The van der Waals surface area contributed by atoms with Crippen molar-refractivity contribution in [3.63, 3.8) is 0 Å². The van der Waals surface area contributed by atoms with Gasteiger partial charge in [0, 0.05) is 38.8 Å². The van der Waals surface area contributed by atoms with Gasteiger partial charge in [-0.2, -0.15) is 0 Å². The topological polar surface area (TPSA) is 164 Å². The van der Waals surface area contributed by atoms with Crippen LogP contribution >= 0.6 is 12.2 Å². The summed E-state index contributed by atoms with van der Waals surface area (Å²) in [7, 11) is 0. The molecule has 1 aromatic heterocycles. The highest BCUT2D eigenvalue weighted by molar-refractivity contribution is 7.80. The number of esters is 4. The molecule has 13 nitrogen and oxygen atoms in total. The summed E-state index contributed by atoms with van der Waals surface area (Å²) in [6, 6.07) is 20.9. The van der Waals surface area contributed by atoms with Crippen LogP contribution in [0.25, 0.3) is 22.5 Å². The van der Waals surface area contributed by atoms with Crippen molar-refractivity contribution in [2.45, 2.75) is 58.3 Å². The molecule has 1 aliphatic heterocycles. The second-order valence-corrected chi connectivity index (χ2v) is 10.3. The summed E-state index contributed by atoms with van der Waals surface area (Å²) >= 11 is 5.57. The molecule has 45 heavy (non-hydrogen) atoms. The van der Waals surface area contributed by atoms with E-state index in [9.17, 15) is 19.2 Å². The molecule has 236 valence electrons. The summed E-state index contributed by atoms with van der Waals surface area (Å²) in [6.07, 6.45) is -6.41. The number of rotatable bonds is 9. The van der Waals surface area contributed by atoms with Gasteiger partial charge < -0.3 is 34.3 Å². The normalized spacial score (nSPS) is 20.7. The molecule has 4 rings (SSSR count). The zero-order chi connectivity index (χ0) is 32.5. The van der Waals surface area contributed by atoms with Gasteiger partial charge in [0.15, 0.2) is 29.7 Å². The van der Waals surface area contributed by atoms with E-state index in [0.717, 1.165) is 31.9 Å². The van der Waals surface area contributed by atoms with Crippen LogP contribution in [-0.2, 0) is 42.9 Å². The molecule has 0 aliphatic carbocycles. The van der Waals surface area contributed by atoms with E-state index in [1.54, 1.807) is 0 Å². The quantitative estimate of drug-likeness (QED) is 0.200. The Balaban J connectivity index is 1.66. The Bertz CT molecular complexity index is 1480. The molecule has 0 radical (unpaired) electrons. The van der Waals surface area contributed by atoms with E-state index in [-0.39, 0.29) is 17.7 Å². The van der Waals surface area contributed by atoms with Gasteiger partial charge in [-0.05, 0) is 18.3 Å². The van der Waals surface area contributed by atoms with Gasteiger partial charge in [-0.25, -0.2) is 9.97 Å². The van der Waals surface area contributed by atoms with Gasteiger partial charge >= 0.3 is 23.9 Å². The van der Waals surface area contributed by atoms with Gasteiger partial charge in [0.05, 0.1) is 11.4 Å². The highest BCUT2D eigenvalue weighted by atomic mass is 32.1. The van der Waals surface area contributed by atoms with Gasteiger partial charge in [0.1, 0.15) is 12.7 Å². The van der Waals surface area contributed by atoms with Gasteiger partial charge in [-0.3, -0.25) is 19.2 Å². The molecule has 0 saturated carbocycles. The Morgan fingerprint density at radius 3 is 1.71 bits per heavy atom. The smallest absolute Gasteiger partial charge is 0.303 e. The highest BCUT2D eigenvalue weighted by Gasteiger charge is 2.52. The molecule has 0 amide bonds. The van der Waals surface area contributed by atoms with Gasteiger partial charge in [0.25, 0.3) is 0 Å². The van der Waals surface area contributed by atoms with E-state index in [0.29, 0.717) is 11.4 Å². The van der Waals surface area contributed by atoms with E-state index in [2.05, 4.69) is 20.6 Å². The Morgan fingerprint density at radius 1 is 0.733 bits per heavy atom. The molecule has 0 bridgehead atoms. The Hall–Kier alpha value is -4.95. The third-order valence-electron chi connectivity index (χ3n) is 6.35. The van der Waals surface area contributed by atoms with Gasteiger partial charge in [0.2, 0.25) is 5.95 Å². The monoisotopic (exact) mass is 636 g/mol. The number of aromatic nitrogens is 2. The average Bonchev–Trinajstić information content (AvgIpc) is 2.99. The second kappa shape index (κ2) is 15.2. The van der Waals surface area contributed by atoms with Crippen molar-refractivity contribution >= 4 is 47.2 Å². The standard InChI is InChI=1S/C31H32N4O9S/c1-17(36)40-16-25-26(41-18(2)37)27(42-19(3)38)28(43-20(4)39)29(44-25)34-31(45)35-30-32-23(21-11-7-5-8-12-21)15-24(33-30)22-13-9-6-10-14-22/h5-15,25-29H,16H2,1-4H3,(H2,32,33,34,35,45)/t25-,26-,27+,28-,29-/m1/s1. The summed E-state index contributed by atoms with van der Waals surface area (Å²) in [5.41, 5.74) is 2.95. The summed E-state index contributed by atoms with van der Waals surface area (Å²) in [4.78, 5) is 57.1. The largest absolute Gasteiger partial charge is 0.463 e. The first-order chi connectivity index (χ1) is 21.5. The fourth-order valence-corrected chi connectivity index (χ4v) is 4.84. The van der Waals surface area contributed by atoms with Crippen LogP contribution in [0.3, 0.4) is 0 Å². The van der Waals surface area contributed by atoms with Gasteiger partial charge in [-0.1, -0.05) is 60.7 Å². The molecule has 2 aromatic carbocycles. The summed E-state index contributed by atoms with van der Waals surface area (Å²) in [5, 5.41) is 5.81. The third-order valence-corrected chi connectivity index (χ3v) is 6.57. The fourth-order valence-electron chi connectivity index (χ4n) is 4.63. The van der Waals surface area contributed by atoms with E-state index in [1.807, 2.05) is 66.7 Å². The Kier molecular flexibility index (Phi) is 11.1. The van der Waals surface area contributed by atoms with Crippen molar-refractivity contribution in [3.8, 4) is 22.5 Å². The minimum Gasteiger partial charge on any atom is -0.463 e. The number of hydrogen-bond acceptors (Lipinski definition) is 12. The molecule has 3 aromatic rings. The first kappa shape index (κ1) is 33.0. The highest BCUT2D eigenvalue weighted by Crippen LogP contribution is 2.29. The first-order valence-corrected chi connectivity index (χ1v) is 14.3. The molecule has 5 atom stereocenters. The maximum absolute atomic E-state index is 12.1. The lowest BCUT2D eigenvalue weighted by Gasteiger charge is -2.44. The summed E-state index contributed by atoms with van der Waals surface area (Å²) in [5.74, 6) is -2.70. The number of hydrogen-bond donors (Lipinski definition) is 2. The van der Waals surface area contributed by atoms with Crippen LogP contribution in [0.5, 0.6) is 0 Å². The molecular weight excluding hydrogens is 604 g/mol. The third kappa shape index (κ3) is 9.27. The Morgan fingerprint density at radius 2 is 1.22 bits per heavy atom. The van der Waals surface area contributed by atoms with Crippen molar-refractivity contribution < 1.29 is 42.9 Å². The molecule has 2 heterocycles. The molecule has 1 fully saturated rings. The number of benzene rings is 2. The molecule has 0 unspecified atom stereocenters. The van der Waals surface area contributed by atoms with Crippen LogP contribution in [0.15, 0.2) is 66.7 Å². The average molecular weight is 637 g/mol. The molecule has 14 heteroatoms. The SMILES string of the molecule is CC(=O)OC[C@H]1O[C@@H](NC(=S)Nc2nc(-c3ccccc3)cc(-c3ccccc3)n2)[C@H](OC(C)=O)[C@@H](OC(C)=O)[C@@H]1OC(C)=O. The van der Waals surface area contributed by atoms with E-state index < -0.39 is 54.5 Å². The molecule has 1 saturated heterocycles. The number of carbonyl (C=O) groups excluding carboxylic acids is 4. The van der Waals surface area contributed by atoms with Crippen LogP contribution in [0.4, 0.5) is 5.95 Å². The lowest BCUT2D eigenvalue weighted by molar-refractivity contribution is -0.254. The predicted octanol–water partition coefficient (Wildman–Crippen LogP) is 3.18. The lowest BCUT2D eigenvalue weighted by atomic mass is 9.97. The fraction of sp³-hybridized carbons (Fsp3) is 0.323. The van der Waals surface area contributed by atoms with Crippen molar-refractivity contribution in [3.05, 3.63) is 66.7 Å². The number of carbonyl (C=O) groups is 4. The van der Waals surface area contributed by atoms with Gasteiger partial charge in [-0.15, -0.1) is 0 Å².